The van der Waals surface area contributed by atoms with Crippen LogP contribution in [0.25, 0.3) is 11.1 Å². The molecule has 0 radical (unpaired) electrons. The van der Waals surface area contributed by atoms with Gasteiger partial charge in [-0.15, -0.1) is 0 Å². The number of nitrogens with two attached hydrogens (primary N) is 1. The van der Waals surface area contributed by atoms with E-state index in [1.54, 1.807) is 12.4 Å². The molecule has 18 heavy (non-hydrogen) atoms. The summed E-state index contributed by atoms with van der Waals surface area (Å²) in [5.74, 6) is 2.97. The second-order valence-electron chi connectivity index (χ2n) is 4.08. The number of anilines is 2. The number of nitrogen functional groups attached to an aromatic ring is 1. The van der Waals surface area contributed by atoms with Crippen molar-refractivity contribution >= 4 is 34.1 Å². The number of nitrogens with zero attached hydrogens (tertiary/aromatic N) is 3. The van der Waals surface area contributed by atoms with E-state index in [2.05, 4.69) is 14.3 Å². The van der Waals surface area contributed by atoms with Crippen LogP contribution >= 0.6 is 23.3 Å². The molecule has 0 atom stereocenters. The van der Waals surface area contributed by atoms with Gasteiger partial charge in [0.1, 0.15) is 10.8 Å². The van der Waals surface area contributed by atoms with Crippen LogP contribution in [0.5, 0.6) is 0 Å². The van der Waals surface area contributed by atoms with Crippen molar-refractivity contribution in [1.29, 1.82) is 0 Å². The Morgan fingerprint density at radius 2 is 1.89 bits per heavy atom. The van der Waals surface area contributed by atoms with Gasteiger partial charge in [0.25, 0.3) is 0 Å². The molecule has 1 fully saturated rings. The van der Waals surface area contributed by atoms with Gasteiger partial charge in [0.15, 0.2) is 0 Å². The average Bonchev–Trinajstić information content (AvgIpc) is 2.83. The Labute approximate surface area is 114 Å². The smallest absolute Gasteiger partial charge is 0.147 e. The van der Waals surface area contributed by atoms with E-state index in [9.17, 15) is 0 Å². The standard InChI is InChI=1S/C12H14N4S2/c13-11-10(9-1-3-14-4-2-9)12(18-15-11)16-5-7-17-8-6-16/h1-4H,5-8H2,(H2,13,15). The second-order valence-corrected chi connectivity index (χ2v) is 6.06. The zero-order chi connectivity index (χ0) is 12.4. The van der Waals surface area contributed by atoms with Crippen molar-refractivity contribution in [2.45, 2.75) is 0 Å². The Morgan fingerprint density at radius 3 is 2.61 bits per heavy atom. The molecule has 1 saturated heterocycles. The van der Waals surface area contributed by atoms with Gasteiger partial charge in [0, 0.05) is 37.0 Å². The normalized spacial score (nSPS) is 15.9. The maximum Gasteiger partial charge on any atom is 0.147 e. The summed E-state index contributed by atoms with van der Waals surface area (Å²) in [6.07, 6.45) is 3.59. The first-order chi connectivity index (χ1) is 8.86. The molecule has 2 aromatic heterocycles. The number of thioether (sulfide) groups is 1. The molecule has 3 rings (SSSR count). The van der Waals surface area contributed by atoms with Crippen LogP contribution in [0.15, 0.2) is 24.5 Å². The fourth-order valence-electron chi connectivity index (χ4n) is 2.07. The third-order valence-electron chi connectivity index (χ3n) is 2.97. The highest BCUT2D eigenvalue weighted by Gasteiger charge is 2.20. The summed E-state index contributed by atoms with van der Waals surface area (Å²) < 4.78 is 4.32. The third kappa shape index (κ3) is 2.18. The summed E-state index contributed by atoms with van der Waals surface area (Å²) in [6, 6.07) is 3.98. The Balaban J connectivity index is 2.01. The van der Waals surface area contributed by atoms with E-state index in [1.807, 2.05) is 23.9 Å². The molecule has 94 valence electrons. The summed E-state index contributed by atoms with van der Waals surface area (Å²) in [5.41, 5.74) is 8.19. The first kappa shape index (κ1) is 11.8. The van der Waals surface area contributed by atoms with E-state index in [4.69, 9.17) is 5.73 Å². The Bertz CT molecular complexity index is 520. The molecule has 3 heterocycles. The maximum atomic E-state index is 6.03. The minimum absolute atomic E-state index is 0.624. The first-order valence-electron chi connectivity index (χ1n) is 5.84. The highest BCUT2D eigenvalue weighted by Crippen LogP contribution is 2.39. The predicted molar refractivity (Wildman–Crippen MR) is 79.3 cm³/mol. The fraction of sp³-hybridized carbons (Fsp3) is 0.333. The number of rotatable bonds is 2. The zero-order valence-electron chi connectivity index (χ0n) is 9.87. The van der Waals surface area contributed by atoms with E-state index in [0.717, 1.165) is 24.2 Å². The molecule has 0 amide bonds. The van der Waals surface area contributed by atoms with Crippen LogP contribution in [0.3, 0.4) is 0 Å². The van der Waals surface area contributed by atoms with E-state index >= 15 is 0 Å². The van der Waals surface area contributed by atoms with Crippen LogP contribution in [-0.2, 0) is 0 Å². The lowest BCUT2D eigenvalue weighted by molar-refractivity contribution is 0.869. The largest absolute Gasteiger partial charge is 0.382 e. The zero-order valence-corrected chi connectivity index (χ0v) is 11.5. The van der Waals surface area contributed by atoms with E-state index < -0.39 is 0 Å². The van der Waals surface area contributed by atoms with E-state index in [0.29, 0.717) is 5.82 Å². The average molecular weight is 278 g/mol. The van der Waals surface area contributed by atoms with Gasteiger partial charge in [-0.25, -0.2) is 0 Å². The summed E-state index contributed by atoms with van der Waals surface area (Å²) in [5, 5.41) is 1.19. The van der Waals surface area contributed by atoms with Gasteiger partial charge >= 0.3 is 0 Å². The van der Waals surface area contributed by atoms with Gasteiger partial charge in [-0.3, -0.25) is 4.98 Å². The van der Waals surface area contributed by atoms with Crippen LogP contribution in [0.2, 0.25) is 0 Å². The van der Waals surface area contributed by atoms with Gasteiger partial charge in [-0.05, 0) is 29.2 Å². The van der Waals surface area contributed by atoms with Gasteiger partial charge in [0.2, 0.25) is 0 Å². The third-order valence-corrected chi connectivity index (χ3v) is 4.83. The molecule has 0 saturated carbocycles. The van der Waals surface area contributed by atoms with Crippen molar-refractivity contribution in [2.24, 2.45) is 0 Å². The second kappa shape index (κ2) is 5.16. The molecule has 1 aliphatic rings. The van der Waals surface area contributed by atoms with Crippen molar-refractivity contribution in [3.63, 3.8) is 0 Å². The monoisotopic (exact) mass is 278 g/mol. The lowest BCUT2D eigenvalue weighted by Crippen LogP contribution is -2.32. The van der Waals surface area contributed by atoms with Crippen LogP contribution in [0, 0.1) is 0 Å². The lowest BCUT2D eigenvalue weighted by Gasteiger charge is -2.27. The number of hydrogen-bond donors (Lipinski definition) is 1. The molecule has 4 nitrogen and oxygen atoms in total. The fourth-order valence-corrected chi connectivity index (χ4v) is 3.86. The van der Waals surface area contributed by atoms with Crippen molar-refractivity contribution in [1.82, 2.24) is 9.36 Å². The lowest BCUT2D eigenvalue weighted by atomic mass is 10.1. The number of aromatic nitrogens is 2. The van der Waals surface area contributed by atoms with Crippen molar-refractivity contribution in [3.8, 4) is 11.1 Å². The molecule has 0 spiro atoms. The molecule has 2 N–H and O–H groups in total. The van der Waals surface area contributed by atoms with E-state index in [1.165, 1.54) is 28.0 Å². The first-order valence-corrected chi connectivity index (χ1v) is 7.77. The molecule has 0 unspecified atom stereocenters. The summed E-state index contributed by atoms with van der Waals surface area (Å²) in [7, 11) is 0. The van der Waals surface area contributed by atoms with Crippen LogP contribution in [-0.4, -0.2) is 34.0 Å². The van der Waals surface area contributed by atoms with Crippen LogP contribution in [0.4, 0.5) is 10.8 Å². The van der Waals surface area contributed by atoms with Crippen LogP contribution < -0.4 is 10.6 Å². The summed E-state index contributed by atoms with van der Waals surface area (Å²) in [6.45, 7) is 2.15. The molecular formula is C12H14N4S2. The molecule has 6 heteroatoms. The summed E-state index contributed by atoms with van der Waals surface area (Å²) in [4.78, 5) is 6.44. The SMILES string of the molecule is Nc1nsc(N2CCSCC2)c1-c1ccncc1. The van der Waals surface area contributed by atoms with Crippen molar-refractivity contribution < 1.29 is 0 Å². The quantitative estimate of drug-likeness (QED) is 0.914. The van der Waals surface area contributed by atoms with Crippen molar-refractivity contribution in [3.05, 3.63) is 24.5 Å². The Kier molecular flexibility index (Phi) is 3.38. The maximum absolute atomic E-state index is 6.03. The molecule has 0 bridgehead atoms. The highest BCUT2D eigenvalue weighted by molar-refractivity contribution is 7.99. The Hall–Kier alpha value is -1.27. The number of pyridine rings is 1. The van der Waals surface area contributed by atoms with E-state index in [-0.39, 0.29) is 0 Å². The minimum Gasteiger partial charge on any atom is -0.382 e. The molecule has 2 aromatic rings. The molecular weight excluding hydrogens is 264 g/mol. The van der Waals surface area contributed by atoms with Gasteiger partial charge in [-0.1, -0.05) is 0 Å². The predicted octanol–water partition coefficient (Wildman–Crippen LogP) is 2.34. The van der Waals surface area contributed by atoms with Gasteiger partial charge in [0.05, 0.1) is 5.56 Å². The van der Waals surface area contributed by atoms with Crippen molar-refractivity contribution in [2.75, 3.05) is 35.2 Å². The highest BCUT2D eigenvalue weighted by atomic mass is 32.2. The van der Waals surface area contributed by atoms with Gasteiger partial charge in [-0.2, -0.15) is 16.1 Å². The Morgan fingerprint density at radius 1 is 1.17 bits per heavy atom. The molecule has 0 aliphatic carbocycles. The van der Waals surface area contributed by atoms with Gasteiger partial charge < -0.3 is 10.6 Å². The van der Waals surface area contributed by atoms with Crippen LogP contribution in [0.1, 0.15) is 0 Å². The minimum atomic E-state index is 0.624. The summed E-state index contributed by atoms with van der Waals surface area (Å²) >= 11 is 3.50. The molecule has 0 aromatic carbocycles. The molecule has 1 aliphatic heterocycles. The number of hydrogen-bond acceptors (Lipinski definition) is 6. The topological polar surface area (TPSA) is 55.0 Å².